The number of rotatable bonds is 4. The van der Waals surface area contributed by atoms with Crippen LogP contribution in [0.3, 0.4) is 0 Å². The van der Waals surface area contributed by atoms with Gasteiger partial charge in [0.1, 0.15) is 0 Å². The molecule has 2 nitrogen and oxygen atoms in total. The number of H-pyrrole nitrogens is 1. The number of aromatic nitrogens is 1. The van der Waals surface area contributed by atoms with Gasteiger partial charge in [0, 0.05) is 28.6 Å². The largest absolute Gasteiger partial charge is 0.358 e. The minimum absolute atomic E-state index is 0.199. The summed E-state index contributed by atoms with van der Waals surface area (Å²) >= 11 is 0. The molecule has 22 heavy (non-hydrogen) atoms. The van der Waals surface area contributed by atoms with Crippen molar-refractivity contribution in [3.05, 3.63) is 70.9 Å². The van der Waals surface area contributed by atoms with Crippen LogP contribution >= 0.6 is 0 Å². The molecule has 0 aliphatic heterocycles. The monoisotopic (exact) mass is 291 g/mol. The zero-order chi connectivity index (χ0) is 15.7. The summed E-state index contributed by atoms with van der Waals surface area (Å²) in [6, 6.07) is 16.1. The van der Waals surface area contributed by atoms with Crippen LogP contribution in [0.25, 0.3) is 10.9 Å². The lowest BCUT2D eigenvalue weighted by Gasteiger charge is -2.12. The molecule has 0 bridgehead atoms. The van der Waals surface area contributed by atoms with Crippen molar-refractivity contribution < 1.29 is 4.79 Å². The van der Waals surface area contributed by atoms with Gasteiger partial charge in [-0.3, -0.25) is 4.79 Å². The highest BCUT2D eigenvalue weighted by atomic mass is 16.1. The molecule has 3 aromatic rings. The second-order valence-corrected chi connectivity index (χ2v) is 6.10. The maximum absolute atomic E-state index is 12.5. The van der Waals surface area contributed by atoms with E-state index in [1.54, 1.807) is 0 Å². The van der Waals surface area contributed by atoms with E-state index < -0.39 is 0 Å². The summed E-state index contributed by atoms with van der Waals surface area (Å²) in [6.45, 7) is 6.25. The van der Waals surface area contributed by atoms with E-state index >= 15 is 0 Å². The maximum Gasteiger partial charge on any atom is 0.163 e. The number of ketones is 1. The van der Waals surface area contributed by atoms with Gasteiger partial charge in [0.25, 0.3) is 0 Å². The van der Waals surface area contributed by atoms with Gasteiger partial charge in [0.05, 0.1) is 0 Å². The SMILES string of the molecule is Cc1ccc(C(=O)C[C@@H](C)c2c(C)[nH]c3ccccc23)cc1. The molecule has 1 atom stereocenters. The fraction of sp³-hybridized carbons (Fsp3) is 0.250. The normalized spacial score (nSPS) is 12.5. The fourth-order valence-corrected chi connectivity index (χ4v) is 3.17. The molecule has 1 heterocycles. The second kappa shape index (κ2) is 5.80. The summed E-state index contributed by atoms with van der Waals surface area (Å²) in [4.78, 5) is 15.9. The van der Waals surface area contributed by atoms with E-state index in [0.29, 0.717) is 6.42 Å². The smallest absolute Gasteiger partial charge is 0.163 e. The van der Waals surface area contributed by atoms with Gasteiger partial charge in [0.15, 0.2) is 5.78 Å². The molecule has 1 aromatic heterocycles. The van der Waals surface area contributed by atoms with E-state index in [1.165, 1.54) is 16.5 Å². The number of Topliss-reactive ketones (excluding diaryl/α,β-unsaturated/α-hetero) is 1. The Hall–Kier alpha value is -2.35. The number of hydrogen-bond acceptors (Lipinski definition) is 1. The topological polar surface area (TPSA) is 32.9 Å². The number of para-hydroxylation sites is 1. The average Bonchev–Trinajstić information content (AvgIpc) is 2.83. The number of fused-ring (bicyclic) bond motifs is 1. The van der Waals surface area contributed by atoms with Crippen LogP contribution in [0.15, 0.2) is 48.5 Å². The first-order chi connectivity index (χ1) is 10.6. The molecule has 1 N–H and O–H groups in total. The molecule has 0 fully saturated rings. The van der Waals surface area contributed by atoms with Crippen LogP contribution in [0, 0.1) is 13.8 Å². The Balaban J connectivity index is 1.87. The van der Waals surface area contributed by atoms with E-state index in [1.807, 2.05) is 43.3 Å². The lowest BCUT2D eigenvalue weighted by molar-refractivity contribution is 0.0976. The van der Waals surface area contributed by atoms with Crippen LogP contribution in [0.5, 0.6) is 0 Å². The number of nitrogens with one attached hydrogen (secondary N) is 1. The third-order valence-corrected chi connectivity index (χ3v) is 4.30. The maximum atomic E-state index is 12.5. The zero-order valence-electron chi connectivity index (χ0n) is 13.3. The molecule has 0 unspecified atom stereocenters. The summed E-state index contributed by atoms with van der Waals surface area (Å²) in [5.41, 5.74) is 5.54. The van der Waals surface area contributed by atoms with Crippen molar-refractivity contribution in [3.63, 3.8) is 0 Å². The standard InChI is InChI=1S/C20H21NO/c1-13-8-10-16(11-9-13)19(22)12-14(2)20-15(3)21-18-7-5-4-6-17(18)20/h4-11,14,21H,12H2,1-3H3/t14-/m1/s1. The van der Waals surface area contributed by atoms with E-state index in [0.717, 1.165) is 16.8 Å². The Kier molecular flexibility index (Phi) is 3.84. The number of aryl methyl sites for hydroxylation is 2. The van der Waals surface area contributed by atoms with Crippen LogP contribution in [0.4, 0.5) is 0 Å². The summed E-state index contributed by atoms with van der Waals surface area (Å²) < 4.78 is 0. The molecule has 0 aliphatic carbocycles. The zero-order valence-corrected chi connectivity index (χ0v) is 13.3. The Morgan fingerprint density at radius 3 is 2.45 bits per heavy atom. The first-order valence-electron chi connectivity index (χ1n) is 7.73. The van der Waals surface area contributed by atoms with Crippen LogP contribution < -0.4 is 0 Å². The van der Waals surface area contributed by atoms with Crippen LogP contribution in [-0.2, 0) is 0 Å². The van der Waals surface area contributed by atoms with E-state index in [-0.39, 0.29) is 11.7 Å². The summed E-state index contributed by atoms with van der Waals surface area (Å²) in [6.07, 6.45) is 0.533. The highest BCUT2D eigenvalue weighted by Gasteiger charge is 2.18. The first kappa shape index (κ1) is 14.6. The van der Waals surface area contributed by atoms with Gasteiger partial charge in [-0.1, -0.05) is 55.0 Å². The van der Waals surface area contributed by atoms with Gasteiger partial charge in [-0.25, -0.2) is 0 Å². The Morgan fingerprint density at radius 2 is 1.73 bits per heavy atom. The molecule has 0 saturated heterocycles. The average molecular weight is 291 g/mol. The van der Waals surface area contributed by atoms with Gasteiger partial charge in [-0.15, -0.1) is 0 Å². The molecule has 2 heteroatoms. The van der Waals surface area contributed by atoms with Crippen molar-refractivity contribution >= 4 is 16.7 Å². The number of benzene rings is 2. The van der Waals surface area contributed by atoms with Crippen LogP contribution in [-0.4, -0.2) is 10.8 Å². The van der Waals surface area contributed by atoms with Gasteiger partial charge < -0.3 is 4.98 Å². The fourth-order valence-electron chi connectivity index (χ4n) is 3.17. The molecular weight excluding hydrogens is 270 g/mol. The van der Waals surface area contributed by atoms with E-state index in [4.69, 9.17) is 0 Å². The highest BCUT2D eigenvalue weighted by molar-refractivity contribution is 5.97. The first-order valence-corrected chi connectivity index (χ1v) is 7.73. The van der Waals surface area contributed by atoms with Crippen molar-refractivity contribution in [2.45, 2.75) is 33.1 Å². The highest BCUT2D eigenvalue weighted by Crippen LogP contribution is 2.31. The van der Waals surface area contributed by atoms with Gasteiger partial charge in [-0.2, -0.15) is 0 Å². The van der Waals surface area contributed by atoms with Crippen molar-refractivity contribution in [1.29, 1.82) is 0 Å². The van der Waals surface area contributed by atoms with E-state index in [2.05, 4.69) is 31.0 Å². The van der Waals surface area contributed by atoms with Crippen molar-refractivity contribution in [2.24, 2.45) is 0 Å². The summed E-state index contributed by atoms with van der Waals surface area (Å²) in [7, 11) is 0. The molecule has 0 amide bonds. The molecule has 2 aromatic carbocycles. The van der Waals surface area contributed by atoms with Gasteiger partial charge in [0.2, 0.25) is 0 Å². The molecular formula is C20H21NO. The number of aromatic amines is 1. The van der Waals surface area contributed by atoms with Crippen molar-refractivity contribution in [1.82, 2.24) is 4.98 Å². The molecule has 112 valence electrons. The predicted molar refractivity (Wildman–Crippen MR) is 91.6 cm³/mol. The molecule has 0 aliphatic rings. The minimum atomic E-state index is 0.199. The van der Waals surface area contributed by atoms with E-state index in [9.17, 15) is 4.79 Å². The molecule has 0 radical (unpaired) electrons. The summed E-state index contributed by atoms with van der Waals surface area (Å²) in [5.74, 6) is 0.405. The second-order valence-electron chi connectivity index (χ2n) is 6.10. The Bertz CT molecular complexity index is 811. The third kappa shape index (κ3) is 2.69. The van der Waals surface area contributed by atoms with Crippen molar-refractivity contribution in [3.8, 4) is 0 Å². The lowest BCUT2D eigenvalue weighted by Crippen LogP contribution is -2.05. The van der Waals surface area contributed by atoms with Gasteiger partial charge in [-0.05, 0) is 31.4 Å². The minimum Gasteiger partial charge on any atom is -0.358 e. The van der Waals surface area contributed by atoms with Crippen LogP contribution in [0.1, 0.15) is 46.4 Å². The quantitative estimate of drug-likeness (QED) is 0.662. The predicted octanol–water partition coefficient (Wildman–Crippen LogP) is 5.16. The van der Waals surface area contributed by atoms with Crippen LogP contribution in [0.2, 0.25) is 0 Å². The number of carbonyl (C=O) groups is 1. The molecule has 0 spiro atoms. The molecule has 0 saturated carbocycles. The lowest BCUT2D eigenvalue weighted by atomic mass is 9.91. The summed E-state index contributed by atoms with van der Waals surface area (Å²) in [5, 5.41) is 1.23. The van der Waals surface area contributed by atoms with Crippen molar-refractivity contribution in [2.75, 3.05) is 0 Å². The third-order valence-electron chi connectivity index (χ3n) is 4.30. The Labute approximate surface area is 131 Å². The number of carbonyl (C=O) groups excluding carboxylic acids is 1. The van der Waals surface area contributed by atoms with Gasteiger partial charge >= 0.3 is 0 Å². The molecule has 3 rings (SSSR count). The Morgan fingerprint density at radius 1 is 1.05 bits per heavy atom. The number of hydrogen-bond donors (Lipinski definition) is 1.